The second kappa shape index (κ2) is 34.7. The smallest absolute Gasteiger partial charge is 1.00 e. The average molecular weight is 1360 g/mol. The second-order valence-electron chi connectivity index (χ2n) is 23.1. The normalized spacial score (nSPS) is 17.6. The van der Waals surface area contributed by atoms with Gasteiger partial charge in [0, 0.05) is 45.0 Å². The molecule has 0 spiro atoms. The van der Waals surface area contributed by atoms with Crippen LogP contribution in [0.5, 0.6) is 11.8 Å². The third-order valence-corrected chi connectivity index (χ3v) is 17.6. The quantitative estimate of drug-likeness (QED) is 0.0366. The zero-order chi connectivity index (χ0) is 58.8. The van der Waals surface area contributed by atoms with Crippen LogP contribution in [0.1, 0.15) is 132 Å². The van der Waals surface area contributed by atoms with Gasteiger partial charge in [-0.2, -0.15) is 27.0 Å². The number of benzene rings is 2. The fraction of sp³-hybridized carbons (Fsp3) is 0.456. The maximum absolute atomic E-state index is 13.4. The first-order valence-electron chi connectivity index (χ1n) is 26.8. The van der Waals surface area contributed by atoms with E-state index in [1.54, 1.807) is 77.7 Å². The van der Waals surface area contributed by atoms with Crippen LogP contribution in [-0.4, -0.2) is 102 Å². The molecule has 2 aromatic carbocycles. The van der Waals surface area contributed by atoms with E-state index in [0.717, 1.165) is 25.2 Å². The number of pyridine rings is 2. The van der Waals surface area contributed by atoms with Gasteiger partial charge in [-0.05, 0) is 157 Å². The summed E-state index contributed by atoms with van der Waals surface area (Å²) in [6.45, 7) is 20.6. The molecule has 4 aromatic heterocycles. The number of rotatable bonds is 18. The summed E-state index contributed by atoms with van der Waals surface area (Å²) in [5.41, 5.74) is 1.09. The molecule has 4 fully saturated rings. The van der Waals surface area contributed by atoms with E-state index in [-0.39, 0.29) is 185 Å². The molecule has 0 unspecified atom stereocenters. The minimum Gasteiger partial charge on any atom is -1.00 e. The number of carbonyl (C=O) groups excluding carboxylic acids is 3. The molecule has 10 rings (SSSR count). The monoisotopic (exact) mass is 1360 g/mol. The van der Waals surface area contributed by atoms with Crippen molar-refractivity contribution in [1.82, 2.24) is 44.3 Å². The number of amides is 2. The molecule has 2 saturated heterocycles. The number of sulfonamides is 2. The van der Waals surface area contributed by atoms with Gasteiger partial charge < -0.3 is 31.3 Å². The first-order chi connectivity index (χ1) is 38.2. The Hall–Kier alpha value is -2.66. The van der Waals surface area contributed by atoms with Gasteiger partial charge in [0.25, 0.3) is 38.3 Å². The van der Waals surface area contributed by atoms with Crippen molar-refractivity contribution in [2.45, 2.75) is 128 Å². The van der Waals surface area contributed by atoms with Crippen LogP contribution in [0.15, 0.2) is 119 Å². The number of hydrogen-bond donors (Lipinski definition) is 3. The largest absolute Gasteiger partial charge is 1.00 e. The predicted octanol–water partition coefficient (Wildman–Crippen LogP) is 3.28. The summed E-state index contributed by atoms with van der Waals surface area (Å²) < 4.78 is 69.3. The predicted molar refractivity (Wildman–Crippen MR) is 336 cm³/mol. The average Bonchev–Trinajstić information content (AvgIpc) is 2.24. The molecular formula is C57H82Cl2K2N10O11S4. The van der Waals surface area contributed by atoms with Crippen molar-refractivity contribution >= 4 is 95.2 Å². The summed E-state index contributed by atoms with van der Waals surface area (Å²) in [5, 5.41) is 20.6. The SMILES string of the molecule is CC1(CCOc2ccn(-c3ccc(C(=O)NS(=O)(=O)c4ccccc4)c(Cl)n3)n2)CC1.C[C@@H]1CN(c2nc(-n3ccc(OCCC4(C)CC4)n3)ccc2C(=O)NS(=O)(=O)c2ccccc2)C(C)(C)C1.C[C@@H]1CNC(C)(C)C1.Cl.O=CO[O-].S.S.[H-].[HH].[HH].[K+].[K+]. The summed E-state index contributed by atoms with van der Waals surface area (Å²) >= 11 is 6.16. The molecule has 0 bridgehead atoms. The minimum absolute atomic E-state index is 0. The first kappa shape index (κ1) is 79.4. The first-order valence-corrected chi connectivity index (χ1v) is 30.1. The van der Waals surface area contributed by atoms with Crippen molar-refractivity contribution < 1.29 is 158 Å². The Balaban J connectivity index is 0. The van der Waals surface area contributed by atoms with Crippen LogP contribution in [-0.2, 0) is 29.7 Å². The zero-order valence-corrected chi connectivity index (χ0v) is 61.8. The van der Waals surface area contributed by atoms with E-state index >= 15 is 0 Å². The Morgan fingerprint density at radius 3 is 1.49 bits per heavy atom. The fourth-order valence-electron chi connectivity index (χ4n) is 9.52. The molecule has 2 atom stereocenters. The van der Waals surface area contributed by atoms with E-state index in [1.165, 1.54) is 79.7 Å². The van der Waals surface area contributed by atoms with E-state index in [2.05, 4.69) is 90.4 Å². The molecule has 3 N–H and O–H groups in total. The molecular weight excluding hydrogens is 1280 g/mol. The molecule has 0 radical (unpaired) electrons. The Morgan fingerprint density at radius 1 is 0.698 bits per heavy atom. The number of hydrogen-bond acceptors (Lipinski definition) is 17. The number of nitrogens with one attached hydrogen (secondary N) is 3. The van der Waals surface area contributed by atoms with Crippen molar-refractivity contribution in [1.29, 1.82) is 0 Å². The summed E-state index contributed by atoms with van der Waals surface area (Å²) in [4.78, 5) is 48.1. The summed E-state index contributed by atoms with van der Waals surface area (Å²) in [6, 6.07) is 25.2. The van der Waals surface area contributed by atoms with Crippen LogP contribution in [0, 0.1) is 22.7 Å². The van der Waals surface area contributed by atoms with Gasteiger partial charge in [0.15, 0.2) is 11.6 Å². The number of aromatic nitrogens is 6. The van der Waals surface area contributed by atoms with Gasteiger partial charge in [0.1, 0.15) is 11.0 Å². The van der Waals surface area contributed by atoms with Crippen LogP contribution >= 0.6 is 51.0 Å². The second-order valence-corrected chi connectivity index (χ2v) is 26.8. The number of anilines is 1. The van der Waals surface area contributed by atoms with Gasteiger partial charge in [0.05, 0.1) is 34.1 Å². The Morgan fingerprint density at radius 2 is 1.13 bits per heavy atom. The van der Waals surface area contributed by atoms with Gasteiger partial charge in [-0.15, -0.1) is 22.6 Å². The van der Waals surface area contributed by atoms with Crippen LogP contribution in [0.2, 0.25) is 5.15 Å². The zero-order valence-electron chi connectivity index (χ0n) is 51.3. The molecule has 2 amide bonds. The van der Waals surface area contributed by atoms with E-state index in [9.17, 15) is 26.4 Å². The van der Waals surface area contributed by atoms with Crippen LogP contribution in [0.3, 0.4) is 0 Å². The number of halogens is 2. The molecule has 86 heavy (non-hydrogen) atoms. The van der Waals surface area contributed by atoms with Gasteiger partial charge >= 0.3 is 103 Å². The summed E-state index contributed by atoms with van der Waals surface area (Å²) in [7, 11) is -8.06. The topological polar surface area (TPSA) is 271 Å². The maximum atomic E-state index is 13.4. The van der Waals surface area contributed by atoms with Crippen LogP contribution in [0.4, 0.5) is 5.82 Å². The third-order valence-electron chi connectivity index (χ3n) is 14.6. The van der Waals surface area contributed by atoms with Crippen molar-refractivity contribution in [3.8, 4) is 23.4 Å². The van der Waals surface area contributed by atoms with Gasteiger partial charge in [-0.3, -0.25) is 14.4 Å². The molecule has 2 saturated carbocycles. The third kappa shape index (κ3) is 23.2. The Kier molecular flexibility index (Phi) is 32.0. The molecule has 6 aromatic rings. The van der Waals surface area contributed by atoms with Crippen molar-refractivity contribution in [3.05, 3.63) is 126 Å². The fourth-order valence-corrected chi connectivity index (χ4v) is 11.7. The Labute approximate surface area is 620 Å². The maximum Gasteiger partial charge on any atom is 1.00 e. The molecule has 21 nitrogen and oxygen atoms in total. The molecule has 29 heteroatoms. The van der Waals surface area contributed by atoms with Gasteiger partial charge in [-0.1, -0.05) is 75.7 Å². The van der Waals surface area contributed by atoms with E-state index in [1.807, 2.05) is 4.72 Å². The molecule has 6 heterocycles. The van der Waals surface area contributed by atoms with Gasteiger partial charge in [0.2, 0.25) is 11.8 Å². The molecule has 4 aliphatic rings. The standard InChI is InChI=1S/C28H35N5O4S.C21H21ClN4O4S.C7H15N.CH2O3.ClH.2K.2H2S.2H2.H/c1-20-18-27(2,3)32(19-20)25-22(26(34)31-38(35,36)21-8-6-5-7-9-21)10-11-23(29-25)33-16-12-24(30-33)37-17-15-28(4)13-14-28;1-21(10-11-21)12-14-30-18-9-13-26(24-18)17-8-7-16(19(22)23-17)20(27)25-31(28,29)15-5-3-2-4-6-15;1-6-4-7(2,3)8-5-6;2-1-4-3;;;;;;;;/h5-12,16,20H,13-15,17-19H2,1-4H3,(H,31,34);2-9,13H,10-12,14H2,1H3,(H,25,27);6,8H,4-5H2,1-3H3;1,3H;1H;;;2*1H2;2*1H;/q;;;;;2*+1;;;;;-1/p-1/t20-;;6-;;;;;;;;;/m0.0........./s1. The van der Waals surface area contributed by atoms with Crippen molar-refractivity contribution in [3.63, 3.8) is 0 Å². The number of ether oxygens (including phenoxy) is 2. The number of nitrogens with zero attached hydrogens (tertiary/aromatic N) is 7. The summed E-state index contributed by atoms with van der Waals surface area (Å²) in [6.07, 6.45) is 12.6. The van der Waals surface area contributed by atoms with Crippen molar-refractivity contribution in [2.75, 3.05) is 31.2 Å². The molecule has 2 aliphatic heterocycles. The van der Waals surface area contributed by atoms with E-state index in [4.69, 9.17) is 36.1 Å². The minimum atomic E-state index is -4.04. The molecule has 466 valence electrons. The van der Waals surface area contributed by atoms with Crippen molar-refractivity contribution in [2.24, 2.45) is 22.7 Å². The Bertz CT molecular complexity index is 3400. The van der Waals surface area contributed by atoms with Gasteiger partial charge in [-0.25, -0.2) is 45.6 Å². The van der Waals surface area contributed by atoms with Crippen LogP contribution < -0.4 is 137 Å². The van der Waals surface area contributed by atoms with E-state index < -0.39 is 31.9 Å². The van der Waals surface area contributed by atoms with Crippen LogP contribution in [0.25, 0.3) is 11.6 Å². The summed E-state index contributed by atoms with van der Waals surface area (Å²) in [5.74, 6) is 1.97. The van der Waals surface area contributed by atoms with E-state index in [0.29, 0.717) is 71.3 Å². The molecule has 2 aliphatic carbocycles. The number of carbonyl (C=O) groups is 3.